The normalized spacial score (nSPS) is 9.85. The minimum Gasteiger partial charge on any atom is -0.495 e. The second-order valence-corrected chi connectivity index (χ2v) is 3.69. The van der Waals surface area contributed by atoms with Crippen LogP contribution in [0.2, 0.25) is 0 Å². The lowest BCUT2D eigenvalue weighted by atomic mass is 10.2. The molecule has 0 radical (unpaired) electrons. The van der Waals surface area contributed by atoms with Crippen molar-refractivity contribution in [2.45, 2.75) is 0 Å². The predicted octanol–water partition coefficient (Wildman–Crippen LogP) is 1.65. The molecule has 1 N–H and O–H groups in total. The smallest absolute Gasteiger partial charge is 0.275 e. The molecule has 0 atom stereocenters. The van der Waals surface area contributed by atoms with Crippen molar-refractivity contribution in [2.75, 3.05) is 12.4 Å². The molecule has 0 aliphatic carbocycles. The number of aromatic nitrogens is 2. The average molecular weight is 274 g/mol. The quantitative estimate of drug-likeness (QED) is 0.670. The van der Waals surface area contributed by atoms with Gasteiger partial charge in [0.05, 0.1) is 23.9 Å². The molecule has 1 aromatic carbocycles. The number of nitrogens with zero attached hydrogens (tertiary/aromatic N) is 3. The Labute approximate surface area is 113 Å². The Morgan fingerprint density at radius 2 is 2.20 bits per heavy atom. The van der Waals surface area contributed by atoms with Crippen LogP contribution in [0.3, 0.4) is 0 Å². The number of anilines is 1. The highest BCUT2D eigenvalue weighted by molar-refractivity contribution is 6.03. The highest BCUT2D eigenvalue weighted by atomic mass is 16.6. The molecule has 8 heteroatoms. The Kier molecular flexibility index (Phi) is 3.85. The molecule has 1 amide bonds. The molecule has 102 valence electrons. The summed E-state index contributed by atoms with van der Waals surface area (Å²) in [6.45, 7) is 0. The number of carbonyl (C=O) groups is 1. The van der Waals surface area contributed by atoms with E-state index in [9.17, 15) is 14.9 Å². The number of hydrogen-bond donors (Lipinski definition) is 1. The summed E-state index contributed by atoms with van der Waals surface area (Å²) >= 11 is 0. The number of amides is 1. The van der Waals surface area contributed by atoms with E-state index in [1.165, 1.54) is 43.9 Å². The molecule has 2 rings (SSSR count). The van der Waals surface area contributed by atoms with Crippen LogP contribution in [0.1, 0.15) is 10.5 Å². The van der Waals surface area contributed by atoms with Crippen molar-refractivity contribution in [1.29, 1.82) is 0 Å². The molecule has 1 heterocycles. The van der Waals surface area contributed by atoms with E-state index >= 15 is 0 Å². The first-order valence-corrected chi connectivity index (χ1v) is 5.51. The number of benzene rings is 1. The summed E-state index contributed by atoms with van der Waals surface area (Å²) in [6, 6.07) is 3.91. The highest BCUT2D eigenvalue weighted by Crippen LogP contribution is 2.29. The maximum absolute atomic E-state index is 11.9. The number of nitro benzene ring substituents is 1. The molecular formula is C12H10N4O4. The number of nitrogens with one attached hydrogen (secondary N) is 1. The molecule has 1 aromatic heterocycles. The number of non-ortho nitro benzene ring substituents is 1. The Bertz CT molecular complexity index is 645. The van der Waals surface area contributed by atoms with Crippen LogP contribution in [0.25, 0.3) is 0 Å². The van der Waals surface area contributed by atoms with Gasteiger partial charge in [0.2, 0.25) is 0 Å². The van der Waals surface area contributed by atoms with Gasteiger partial charge in [0.1, 0.15) is 11.4 Å². The van der Waals surface area contributed by atoms with Gasteiger partial charge in [-0.05, 0) is 6.07 Å². The van der Waals surface area contributed by atoms with E-state index in [1.54, 1.807) is 0 Å². The summed E-state index contributed by atoms with van der Waals surface area (Å²) in [7, 11) is 1.40. The summed E-state index contributed by atoms with van der Waals surface area (Å²) in [5.74, 6) is -0.218. The summed E-state index contributed by atoms with van der Waals surface area (Å²) in [5.41, 5.74) is 0.138. The topological polar surface area (TPSA) is 107 Å². The Morgan fingerprint density at radius 1 is 1.40 bits per heavy atom. The number of methoxy groups -OCH3 is 1. The zero-order valence-corrected chi connectivity index (χ0v) is 10.4. The van der Waals surface area contributed by atoms with Gasteiger partial charge in [-0.1, -0.05) is 0 Å². The van der Waals surface area contributed by atoms with Gasteiger partial charge in [-0.3, -0.25) is 19.9 Å². The van der Waals surface area contributed by atoms with Crippen LogP contribution in [0.5, 0.6) is 5.75 Å². The molecule has 0 spiro atoms. The minimum absolute atomic E-state index is 0.0982. The zero-order chi connectivity index (χ0) is 14.5. The van der Waals surface area contributed by atoms with E-state index < -0.39 is 10.8 Å². The van der Waals surface area contributed by atoms with Crippen molar-refractivity contribution in [3.63, 3.8) is 0 Å². The van der Waals surface area contributed by atoms with Gasteiger partial charge in [0, 0.05) is 24.5 Å². The molecule has 20 heavy (non-hydrogen) atoms. The Hall–Kier alpha value is -3.03. The third-order valence-corrected chi connectivity index (χ3v) is 2.44. The zero-order valence-electron chi connectivity index (χ0n) is 10.4. The van der Waals surface area contributed by atoms with Crippen LogP contribution in [-0.2, 0) is 0 Å². The van der Waals surface area contributed by atoms with Gasteiger partial charge in [0.25, 0.3) is 11.6 Å². The van der Waals surface area contributed by atoms with Crippen molar-refractivity contribution >= 4 is 17.3 Å². The van der Waals surface area contributed by atoms with Crippen molar-refractivity contribution < 1.29 is 14.5 Å². The number of nitro groups is 1. The summed E-state index contributed by atoms with van der Waals surface area (Å²) < 4.78 is 5.04. The SMILES string of the molecule is COc1ccc([N+](=O)[O-])cc1NC(=O)c1cnccn1. The summed E-state index contributed by atoms with van der Waals surface area (Å²) in [4.78, 5) is 29.7. The van der Waals surface area contributed by atoms with E-state index in [0.29, 0.717) is 5.75 Å². The lowest BCUT2D eigenvalue weighted by molar-refractivity contribution is -0.384. The molecular weight excluding hydrogens is 264 g/mol. The highest BCUT2D eigenvalue weighted by Gasteiger charge is 2.15. The van der Waals surface area contributed by atoms with Crippen molar-refractivity contribution in [1.82, 2.24) is 9.97 Å². The van der Waals surface area contributed by atoms with Gasteiger partial charge in [-0.2, -0.15) is 0 Å². The summed E-state index contributed by atoms with van der Waals surface area (Å²) in [5, 5.41) is 13.2. The van der Waals surface area contributed by atoms with Crippen molar-refractivity contribution in [2.24, 2.45) is 0 Å². The van der Waals surface area contributed by atoms with Crippen LogP contribution >= 0.6 is 0 Å². The predicted molar refractivity (Wildman–Crippen MR) is 69.6 cm³/mol. The van der Waals surface area contributed by atoms with Crippen LogP contribution < -0.4 is 10.1 Å². The van der Waals surface area contributed by atoms with E-state index in [0.717, 1.165) is 0 Å². The third kappa shape index (κ3) is 2.86. The van der Waals surface area contributed by atoms with Gasteiger partial charge >= 0.3 is 0 Å². The molecule has 0 saturated carbocycles. The molecule has 0 aliphatic heterocycles. The molecule has 2 aromatic rings. The van der Waals surface area contributed by atoms with Gasteiger partial charge in [0.15, 0.2) is 0 Å². The monoisotopic (exact) mass is 274 g/mol. The first-order valence-electron chi connectivity index (χ1n) is 5.51. The molecule has 0 bridgehead atoms. The maximum atomic E-state index is 11.9. The van der Waals surface area contributed by atoms with Crippen molar-refractivity contribution in [3.05, 3.63) is 52.6 Å². The minimum atomic E-state index is -0.558. The van der Waals surface area contributed by atoms with E-state index in [2.05, 4.69) is 15.3 Å². The van der Waals surface area contributed by atoms with E-state index in [1.807, 2.05) is 0 Å². The molecule has 8 nitrogen and oxygen atoms in total. The largest absolute Gasteiger partial charge is 0.495 e. The van der Waals surface area contributed by atoms with Gasteiger partial charge in [-0.25, -0.2) is 4.98 Å². The van der Waals surface area contributed by atoms with E-state index in [-0.39, 0.29) is 17.1 Å². The van der Waals surface area contributed by atoms with Crippen molar-refractivity contribution in [3.8, 4) is 5.75 Å². The number of rotatable bonds is 4. The second-order valence-electron chi connectivity index (χ2n) is 3.69. The fourth-order valence-corrected chi connectivity index (χ4v) is 1.51. The number of carbonyl (C=O) groups excluding carboxylic acids is 1. The Balaban J connectivity index is 2.30. The van der Waals surface area contributed by atoms with Crippen LogP contribution in [0, 0.1) is 10.1 Å². The third-order valence-electron chi connectivity index (χ3n) is 2.44. The molecule has 0 saturated heterocycles. The first kappa shape index (κ1) is 13.4. The fourth-order valence-electron chi connectivity index (χ4n) is 1.51. The van der Waals surface area contributed by atoms with Crippen LogP contribution in [-0.4, -0.2) is 27.9 Å². The number of ether oxygens (including phenoxy) is 1. The van der Waals surface area contributed by atoms with Gasteiger partial charge in [-0.15, -0.1) is 0 Å². The lowest BCUT2D eigenvalue weighted by Crippen LogP contribution is -2.14. The first-order chi connectivity index (χ1) is 9.61. The molecule has 0 aliphatic rings. The number of hydrogen-bond acceptors (Lipinski definition) is 6. The average Bonchev–Trinajstić information content (AvgIpc) is 2.48. The standard InChI is InChI=1S/C12H10N4O4/c1-20-11-3-2-8(16(18)19)6-9(11)15-12(17)10-7-13-4-5-14-10/h2-7H,1H3,(H,15,17). The van der Waals surface area contributed by atoms with E-state index in [4.69, 9.17) is 4.74 Å². The summed E-state index contributed by atoms with van der Waals surface area (Å²) in [6.07, 6.45) is 4.10. The van der Waals surface area contributed by atoms with Crippen LogP contribution in [0.15, 0.2) is 36.8 Å². The molecule has 0 fully saturated rings. The Morgan fingerprint density at radius 3 is 2.80 bits per heavy atom. The fraction of sp³-hybridized carbons (Fsp3) is 0.0833. The molecule has 0 unspecified atom stereocenters. The second kappa shape index (κ2) is 5.74. The van der Waals surface area contributed by atoms with Gasteiger partial charge < -0.3 is 10.1 Å². The van der Waals surface area contributed by atoms with Crippen LogP contribution in [0.4, 0.5) is 11.4 Å². The lowest BCUT2D eigenvalue weighted by Gasteiger charge is -2.09. The maximum Gasteiger partial charge on any atom is 0.275 e.